The Morgan fingerprint density at radius 3 is 2.63 bits per heavy atom. The predicted molar refractivity (Wildman–Crippen MR) is 70.3 cm³/mol. The molecule has 0 unspecified atom stereocenters. The largest absolute Gasteiger partial charge is 0.478 e. The molecule has 1 aromatic rings. The van der Waals surface area contributed by atoms with Crippen LogP contribution in [0.3, 0.4) is 0 Å². The van der Waals surface area contributed by atoms with Crippen molar-refractivity contribution >= 4 is 21.7 Å². The molecule has 6 nitrogen and oxygen atoms in total. The Labute approximate surface area is 111 Å². The van der Waals surface area contributed by atoms with Crippen LogP contribution in [0, 0.1) is 0 Å². The Hall–Kier alpha value is -1.86. The maximum Gasteiger partial charge on any atom is 0.337 e. The van der Waals surface area contributed by atoms with Gasteiger partial charge in [-0.05, 0) is 24.6 Å². The first-order chi connectivity index (χ1) is 8.93. The highest BCUT2D eigenvalue weighted by molar-refractivity contribution is 7.89. The van der Waals surface area contributed by atoms with Crippen LogP contribution in [0.2, 0.25) is 0 Å². The minimum Gasteiger partial charge on any atom is -0.478 e. The summed E-state index contributed by atoms with van der Waals surface area (Å²) in [7, 11) is -3.84. The number of hydrogen-bond donors (Lipinski definition) is 2. The average molecular weight is 282 g/mol. The lowest BCUT2D eigenvalue weighted by Crippen LogP contribution is -2.34. The van der Waals surface area contributed by atoms with E-state index in [1.54, 1.807) is 6.08 Å². The van der Waals surface area contributed by atoms with Gasteiger partial charge < -0.3 is 10.8 Å². The number of anilines is 1. The van der Waals surface area contributed by atoms with Crippen LogP contribution in [0.5, 0.6) is 0 Å². The van der Waals surface area contributed by atoms with E-state index in [1.807, 2.05) is 6.08 Å². The van der Waals surface area contributed by atoms with Crippen molar-refractivity contribution < 1.29 is 18.3 Å². The number of rotatable bonds is 3. The molecule has 7 heteroatoms. The summed E-state index contributed by atoms with van der Waals surface area (Å²) in [5.74, 6) is -1.29. The summed E-state index contributed by atoms with van der Waals surface area (Å²) >= 11 is 0. The fraction of sp³-hybridized carbons (Fsp3) is 0.250. The first-order valence-corrected chi connectivity index (χ1v) is 7.15. The van der Waals surface area contributed by atoms with E-state index in [0.29, 0.717) is 13.0 Å². The third kappa shape index (κ3) is 2.61. The molecule has 0 aliphatic carbocycles. The van der Waals surface area contributed by atoms with E-state index in [1.165, 1.54) is 22.5 Å². The van der Waals surface area contributed by atoms with Crippen LogP contribution < -0.4 is 5.73 Å². The van der Waals surface area contributed by atoms with Crippen LogP contribution in [-0.4, -0.2) is 36.9 Å². The van der Waals surface area contributed by atoms with Crippen molar-refractivity contribution in [3.63, 3.8) is 0 Å². The summed E-state index contributed by atoms with van der Waals surface area (Å²) < 4.78 is 26.1. The Balaban J connectivity index is 2.53. The average Bonchev–Trinajstić information content (AvgIpc) is 2.39. The standard InChI is InChI=1S/C12H14N2O4S/c13-9-4-5-10(12(15)16)11(8-9)19(17,18)14-6-2-1-3-7-14/h1-2,4-5,8H,3,6-7,13H2,(H,15,16). The molecule has 1 heterocycles. The minimum absolute atomic E-state index is 0.219. The highest BCUT2D eigenvalue weighted by Gasteiger charge is 2.29. The zero-order valence-electron chi connectivity index (χ0n) is 10.1. The topological polar surface area (TPSA) is 101 Å². The van der Waals surface area contributed by atoms with Gasteiger partial charge in [0.15, 0.2) is 0 Å². The maximum atomic E-state index is 12.4. The molecule has 19 heavy (non-hydrogen) atoms. The molecular weight excluding hydrogens is 268 g/mol. The maximum absolute atomic E-state index is 12.4. The summed E-state index contributed by atoms with van der Waals surface area (Å²) in [6, 6.07) is 3.78. The van der Waals surface area contributed by atoms with Crippen LogP contribution >= 0.6 is 0 Å². The monoisotopic (exact) mass is 282 g/mol. The number of nitrogens with two attached hydrogens (primary N) is 1. The van der Waals surface area contributed by atoms with Gasteiger partial charge in [0, 0.05) is 18.8 Å². The van der Waals surface area contributed by atoms with Gasteiger partial charge in [0.05, 0.1) is 10.5 Å². The summed E-state index contributed by atoms with van der Waals surface area (Å²) in [6.07, 6.45) is 4.25. The number of carboxylic acids is 1. The highest BCUT2D eigenvalue weighted by Crippen LogP contribution is 2.24. The fourth-order valence-corrected chi connectivity index (χ4v) is 3.53. The van der Waals surface area contributed by atoms with Crippen molar-refractivity contribution in [2.24, 2.45) is 0 Å². The molecule has 0 atom stereocenters. The lowest BCUT2D eigenvalue weighted by Gasteiger charge is -2.23. The molecule has 102 valence electrons. The van der Waals surface area contributed by atoms with E-state index in [9.17, 15) is 13.2 Å². The van der Waals surface area contributed by atoms with E-state index in [0.717, 1.165) is 0 Å². The molecule has 0 amide bonds. The Morgan fingerprint density at radius 2 is 2.05 bits per heavy atom. The normalized spacial score (nSPS) is 16.4. The quantitative estimate of drug-likeness (QED) is 0.634. The number of sulfonamides is 1. The molecule has 0 saturated heterocycles. The number of aromatic carboxylic acids is 1. The van der Waals surface area contributed by atoms with Crippen LogP contribution in [0.15, 0.2) is 35.2 Å². The summed E-state index contributed by atoms with van der Waals surface area (Å²) in [4.78, 5) is 10.9. The number of carboxylic acid groups (broad SMARTS) is 1. The lowest BCUT2D eigenvalue weighted by molar-refractivity contribution is 0.0692. The summed E-state index contributed by atoms with van der Waals surface area (Å²) in [6.45, 7) is 0.586. The molecule has 3 N–H and O–H groups in total. The second-order valence-corrected chi connectivity index (χ2v) is 6.09. The Kier molecular flexibility index (Phi) is 3.59. The molecule has 0 bridgehead atoms. The van der Waals surface area contributed by atoms with Crippen LogP contribution in [0.4, 0.5) is 5.69 Å². The van der Waals surface area contributed by atoms with Crippen molar-refractivity contribution in [1.29, 1.82) is 0 Å². The summed E-state index contributed by atoms with van der Waals surface area (Å²) in [5, 5.41) is 9.08. The Morgan fingerprint density at radius 1 is 1.32 bits per heavy atom. The lowest BCUT2D eigenvalue weighted by atomic mass is 10.2. The summed E-state index contributed by atoms with van der Waals surface area (Å²) in [5.41, 5.74) is 5.52. The van der Waals surface area contributed by atoms with Gasteiger partial charge in [-0.2, -0.15) is 4.31 Å². The minimum atomic E-state index is -3.84. The van der Waals surface area contributed by atoms with E-state index in [4.69, 9.17) is 10.8 Å². The van der Waals surface area contributed by atoms with Gasteiger partial charge in [-0.15, -0.1) is 0 Å². The van der Waals surface area contributed by atoms with Crippen LogP contribution in [-0.2, 0) is 10.0 Å². The van der Waals surface area contributed by atoms with Crippen molar-refractivity contribution in [2.45, 2.75) is 11.3 Å². The van der Waals surface area contributed by atoms with Crippen molar-refractivity contribution in [2.75, 3.05) is 18.8 Å². The molecule has 0 fully saturated rings. The van der Waals surface area contributed by atoms with Crippen molar-refractivity contribution in [3.05, 3.63) is 35.9 Å². The van der Waals surface area contributed by atoms with Crippen LogP contribution in [0.1, 0.15) is 16.8 Å². The van der Waals surface area contributed by atoms with Gasteiger partial charge in [0.1, 0.15) is 0 Å². The molecule has 1 aliphatic heterocycles. The number of carbonyl (C=O) groups is 1. The van der Waals surface area contributed by atoms with Gasteiger partial charge in [-0.1, -0.05) is 12.2 Å². The van der Waals surface area contributed by atoms with E-state index in [-0.39, 0.29) is 22.7 Å². The Bertz CT molecular complexity index is 637. The van der Waals surface area contributed by atoms with E-state index in [2.05, 4.69) is 0 Å². The molecule has 1 aromatic carbocycles. The molecule has 0 radical (unpaired) electrons. The number of benzene rings is 1. The number of nitrogen functional groups attached to an aromatic ring is 1. The second kappa shape index (κ2) is 5.02. The predicted octanol–water partition coefficient (Wildman–Crippen LogP) is 0.918. The fourth-order valence-electron chi connectivity index (χ4n) is 1.91. The molecular formula is C12H14N2O4S. The third-order valence-electron chi connectivity index (χ3n) is 2.87. The molecule has 1 aliphatic rings. The number of hydrogen-bond acceptors (Lipinski definition) is 4. The van der Waals surface area contributed by atoms with Crippen molar-refractivity contribution in [1.82, 2.24) is 4.31 Å². The zero-order chi connectivity index (χ0) is 14.0. The second-order valence-electron chi connectivity index (χ2n) is 4.18. The smallest absolute Gasteiger partial charge is 0.337 e. The van der Waals surface area contributed by atoms with Gasteiger partial charge >= 0.3 is 5.97 Å². The first kappa shape index (κ1) is 13.6. The molecule has 2 rings (SSSR count). The number of nitrogens with zero attached hydrogens (tertiary/aromatic N) is 1. The zero-order valence-corrected chi connectivity index (χ0v) is 10.9. The molecule has 0 aromatic heterocycles. The SMILES string of the molecule is Nc1ccc(C(=O)O)c(S(=O)(=O)N2CC=CCC2)c1. The third-order valence-corrected chi connectivity index (χ3v) is 4.78. The van der Waals surface area contributed by atoms with Crippen molar-refractivity contribution in [3.8, 4) is 0 Å². The van der Waals surface area contributed by atoms with Gasteiger partial charge in [-0.3, -0.25) is 0 Å². The van der Waals surface area contributed by atoms with E-state index >= 15 is 0 Å². The molecule has 0 spiro atoms. The van der Waals surface area contributed by atoms with Gasteiger partial charge in [0.25, 0.3) is 0 Å². The first-order valence-electron chi connectivity index (χ1n) is 5.71. The van der Waals surface area contributed by atoms with Gasteiger partial charge in [0.2, 0.25) is 10.0 Å². The highest BCUT2D eigenvalue weighted by atomic mass is 32.2. The van der Waals surface area contributed by atoms with E-state index < -0.39 is 16.0 Å². The molecule has 0 saturated carbocycles. The van der Waals surface area contributed by atoms with Crippen LogP contribution in [0.25, 0.3) is 0 Å². The van der Waals surface area contributed by atoms with Gasteiger partial charge in [-0.25, -0.2) is 13.2 Å².